The lowest BCUT2D eigenvalue weighted by Crippen LogP contribution is -2.45. The van der Waals surface area contributed by atoms with Gasteiger partial charge in [-0.1, -0.05) is 12.1 Å². The van der Waals surface area contributed by atoms with Crippen LogP contribution in [-0.2, 0) is 0 Å². The predicted octanol–water partition coefficient (Wildman–Crippen LogP) is 1.90. The molecule has 0 bridgehead atoms. The third-order valence-corrected chi connectivity index (χ3v) is 3.53. The standard InChI is InChI=1S/C15H21N3O/c1-3-19-14-6-4-13(5-7-14)15(12-16)18-10-8-17(2)9-11-18/h4-7,15H,3,8-11H2,1-2H3. The SMILES string of the molecule is CCOc1ccc(C(C#N)N2CCN(C)CC2)cc1. The van der Waals surface area contributed by atoms with E-state index < -0.39 is 0 Å². The topological polar surface area (TPSA) is 39.5 Å². The summed E-state index contributed by atoms with van der Waals surface area (Å²) in [6.45, 7) is 6.57. The van der Waals surface area contributed by atoms with Crippen LogP contribution in [0.4, 0.5) is 0 Å². The van der Waals surface area contributed by atoms with Crippen molar-refractivity contribution in [1.82, 2.24) is 9.80 Å². The number of hydrogen-bond donors (Lipinski definition) is 0. The number of ether oxygens (including phenoxy) is 1. The van der Waals surface area contributed by atoms with Crippen molar-refractivity contribution >= 4 is 0 Å². The van der Waals surface area contributed by atoms with Gasteiger partial charge in [0.05, 0.1) is 12.7 Å². The quantitative estimate of drug-likeness (QED) is 0.828. The van der Waals surface area contributed by atoms with Crippen LogP contribution in [0.5, 0.6) is 5.75 Å². The van der Waals surface area contributed by atoms with Gasteiger partial charge in [0.25, 0.3) is 0 Å². The number of rotatable bonds is 4. The van der Waals surface area contributed by atoms with Crippen molar-refractivity contribution in [1.29, 1.82) is 5.26 Å². The van der Waals surface area contributed by atoms with Gasteiger partial charge in [-0.3, -0.25) is 4.90 Å². The molecule has 1 aromatic rings. The van der Waals surface area contributed by atoms with Crippen molar-refractivity contribution in [3.8, 4) is 11.8 Å². The molecule has 1 atom stereocenters. The van der Waals surface area contributed by atoms with Gasteiger partial charge in [0.2, 0.25) is 0 Å². The van der Waals surface area contributed by atoms with Gasteiger partial charge in [-0.05, 0) is 31.7 Å². The Bertz CT molecular complexity index is 430. The molecule has 102 valence electrons. The summed E-state index contributed by atoms with van der Waals surface area (Å²) in [6.07, 6.45) is 0. The zero-order valence-electron chi connectivity index (χ0n) is 11.7. The van der Waals surface area contributed by atoms with Gasteiger partial charge in [-0.2, -0.15) is 5.26 Å². The molecule has 0 aromatic heterocycles. The molecule has 0 aliphatic carbocycles. The third kappa shape index (κ3) is 3.46. The zero-order chi connectivity index (χ0) is 13.7. The van der Waals surface area contributed by atoms with Crippen LogP contribution in [0.15, 0.2) is 24.3 Å². The van der Waals surface area contributed by atoms with Crippen molar-refractivity contribution in [2.75, 3.05) is 39.8 Å². The van der Waals surface area contributed by atoms with E-state index in [1.807, 2.05) is 31.2 Å². The normalized spacial score (nSPS) is 18.8. The molecule has 0 radical (unpaired) electrons. The number of likely N-dealkylation sites (N-methyl/N-ethyl adjacent to an activating group) is 1. The molecule has 2 rings (SSSR count). The summed E-state index contributed by atoms with van der Waals surface area (Å²) in [5.74, 6) is 0.862. The molecule has 4 nitrogen and oxygen atoms in total. The molecular formula is C15H21N3O. The second-order valence-electron chi connectivity index (χ2n) is 4.87. The minimum absolute atomic E-state index is 0.149. The van der Waals surface area contributed by atoms with Crippen LogP contribution in [0.3, 0.4) is 0 Å². The van der Waals surface area contributed by atoms with E-state index in [4.69, 9.17) is 4.74 Å². The first kappa shape index (κ1) is 13.9. The molecule has 0 amide bonds. The summed E-state index contributed by atoms with van der Waals surface area (Å²) < 4.78 is 5.43. The van der Waals surface area contributed by atoms with Crippen molar-refractivity contribution in [3.63, 3.8) is 0 Å². The van der Waals surface area contributed by atoms with Crippen LogP contribution in [0.1, 0.15) is 18.5 Å². The monoisotopic (exact) mass is 259 g/mol. The molecule has 0 spiro atoms. The Labute approximate surface area is 115 Å². The highest BCUT2D eigenvalue weighted by Gasteiger charge is 2.23. The van der Waals surface area contributed by atoms with Crippen LogP contribution in [0.2, 0.25) is 0 Å². The Kier molecular flexibility index (Phi) is 4.78. The lowest BCUT2D eigenvalue weighted by atomic mass is 10.1. The zero-order valence-corrected chi connectivity index (χ0v) is 11.7. The molecule has 1 heterocycles. The average Bonchev–Trinajstić information content (AvgIpc) is 2.44. The van der Waals surface area contributed by atoms with Gasteiger partial charge < -0.3 is 9.64 Å². The van der Waals surface area contributed by atoms with Crippen LogP contribution in [0.25, 0.3) is 0 Å². The second kappa shape index (κ2) is 6.55. The van der Waals surface area contributed by atoms with Gasteiger partial charge in [-0.25, -0.2) is 0 Å². The summed E-state index contributed by atoms with van der Waals surface area (Å²) in [6, 6.07) is 10.2. The van der Waals surface area contributed by atoms with E-state index in [1.165, 1.54) is 0 Å². The highest BCUT2D eigenvalue weighted by Crippen LogP contribution is 2.23. The third-order valence-electron chi connectivity index (χ3n) is 3.53. The van der Waals surface area contributed by atoms with Gasteiger partial charge >= 0.3 is 0 Å². The van der Waals surface area contributed by atoms with Crippen molar-refractivity contribution < 1.29 is 4.74 Å². The largest absolute Gasteiger partial charge is 0.494 e. The van der Waals surface area contributed by atoms with Crippen molar-refractivity contribution in [3.05, 3.63) is 29.8 Å². The van der Waals surface area contributed by atoms with Gasteiger partial charge in [0.15, 0.2) is 0 Å². The van der Waals surface area contributed by atoms with E-state index in [-0.39, 0.29) is 6.04 Å². The van der Waals surface area contributed by atoms with Crippen LogP contribution in [-0.4, -0.2) is 49.6 Å². The van der Waals surface area contributed by atoms with Crippen LogP contribution in [0, 0.1) is 11.3 Å². The fourth-order valence-corrected chi connectivity index (χ4v) is 2.36. The van der Waals surface area contributed by atoms with E-state index >= 15 is 0 Å². The Balaban J connectivity index is 2.07. The number of nitrogens with zero attached hydrogens (tertiary/aromatic N) is 3. The van der Waals surface area contributed by atoms with E-state index in [9.17, 15) is 5.26 Å². The van der Waals surface area contributed by atoms with Crippen molar-refractivity contribution in [2.24, 2.45) is 0 Å². The number of piperazine rings is 1. The highest BCUT2D eigenvalue weighted by molar-refractivity contribution is 5.31. The smallest absolute Gasteiger partial charge is 0.123 e. The first-order chi connectivity index (χ1) is 9.24. The van der Waals surface area contributed by atoms with Gasteiger partial charge in [-0.15, -0.1) is 0 Å². The molecule has 19 heavy (non-hydrogen) atoms. The van der Waals surface area contributed by atoms with E-state index in [0.29, 0.717) is 6.61 Å². The fraction of sp³-hybridized carbons (Fsp3) is 0.533. The molecule has 1 unspecified atom stereocenters. The molecule has 4 heteroatoms. The summed E-state index contributed by atoms with van der Waals surface area (Å²) in [5, 5.41) is 9.43. The number of nitriles is 1. The predicted molar refractivity (Wildman–Crippen MR) is 75.0 cm³/mol. The molecule has 1 aliphatic rings. The van der Waals surface area contributed by atoms with Crippen LogP contribution >= 0.6 is 0 Å². The maximum absolute atomic E-state index is 9.43. The summed E-state index contributed by atoms with van der Waals surface area (Å²) in [7, 11) is 2.12. The maximum Gasteiger partial charge on any atom is 0.123 e. The molecule has 1 fully saturated rings. The summed E-state index contributed by atoms with van der Waals surface area (Å²) >= 11 is 0. The molecular weight excluding hydrogens is 238 g/mol. The van der Waals surface area contributed by atoms with E-state index in [2.05, 4.69) is 22.9 Å². The van der Waals surface area contributed by atoms with E-state index in [0.717, 1.165) is 37.5 Å². The molecule has 0 N–H and O–H groups in total. The number of hydrogen-bond acceptors (Lipinski definition) is 4. The first-order valence-corrected chi connectivity index (χ1v) is 6.79. The Morgan fingerprint density at radius 1 is 1.21 bits per heavy atom. The Morgan fingerprint density at radius 2 is 1.84 bits per heavy atom. The van der Waals surface area contributed by atoms with Crippen molar-refractivity contribution in [2.45, 2.75) is 13.0 Å². The first-order valence-electron chi connectivity index (χ1n) is 6.79. The van der Waals surface area contributed by atoms with Gasteiger partial charge in [0.1, 0.15) is 11.8 Å². The fourth-order valence-electron chi connectivity index (χ4n) is 2.36. The second-order valence-corrected chi connectivity index (χ2v) is 4.87. The molecule has 1 aromatic carbocycles. The average molecular weight is 259 g/mol. The maximum atomic E-state index is 9.43. The number of benzene rings is 1. The minimum atomic E-state index is -0.149. The molecule has 0 saturated carbocycles. The van der Waals surface area contributed by atoms with Crippen LogP contribution < -0.4 is 4.74 Å². The lowest BCUT2D eigenvalue weighted by molar-refractivity contribution is 0.133. The summed E-state index contributed by atoms with van der Waals surface area (Å²) in [4.78, 5) is 4.54. The Hall–Kier alpha value is -1.57. The lowest BCUT2D eigenvalue weighted by Gasteiger charge is -2.35. The highest BCUT2D eigenvalue weighted by atomic mass is 16.5. The molecule has 1 saturated heterocycles. The van der Waals surface area contributed by atoms with Gasteiger partial charge in [0, 0.05) is 26.2 Å². The summed E-state index contributed by atoms with van der Waals surface area (Å²) in [5.41, 5.74) is 1.05. The van der Waals surface area contributed by atoms with E-state index in [1.54, 1.807) is 0 Å². The molecule has 1 aliphatic heterocycles. The Morgan fingerprint density at radius 3 is 2.37 bits per heavy atom. The minimum Gasteiger partial charge on any atom is -0.494 e.